The number of hydrogen-bond acceptors (Lipinski definition) is 11. The molecule has 2 aromatic carbocycles. The molecular weight excluding hydrogens is 532 g/mol. The van der Waals surface area contributed by atoms with Gasteiger partial charge in [0.25, 0.3) is 0 Å². The molecule has 2 rings (SSSR count). The molecule has 0 aliphatic heterocycles. The zero-order chi connectivity index (χ0) is 31.5. The van der Waals surface area contributed by atoms with Gasteiger partial charge in [0.1, 0.15) is 0 Å². The number of phenolic OH excluding ortho intramolecular Hbond substituents is 1. The number of hydrogen-bond donors (Lipinski definition) is 5. The van der Waals surface area contributed by atoms with E-state index < -0.39 is 35.0 Å². The van der Waals surface area contributed by atoms with Gasteiger partial charge in [-0.25, -0.2) is 0 Å². The van der Waals surface area contributed by atoms with E-state index in [2.05, 4.69) is 10.6 Å². The average Bonchev–Trinajstić information content (AvgIpc) is 2.89. The van der Waals surface area contributed by atoms with Crippen LogP contribution >= 0.6 is 0 Å². The number of carbonyl (C=O) groups excluding carboxylic acids is 2. The number of aliphatic hydroxyl groups excluding tert-OH is 2. The van der Waals surface area contributed by atoms with Crippen molar-refractivity contribution in [3.63, 3.8) is 0 Å². The Morgan fingerprint density at radius 3 is 1.49 bits per heavy atom. The third-order valence-corrected chi connectivity index (χ3v) is 5.66. The summed E-state index contributed by atoms with van der Waals surface area (Å²) < 4.78 is 20.8. The molecule has 0 fully saturated rings. The van der Waals surface area contributed by atoms with Gasteiger partial charge in [0, 0.05) is 13.1 Å². The van der Waals surface area contributed by atoms with Crippen molar-refractivity contribution >= 4 is 11.9 Å². The van der Waals surface area contributed by atoms with Crippen molar-refractivity contribution in [3.8, 4) is 28.7 Å². The maximum atomic E-state index is 12.2. The fourth-order valence-corrected chi connectivity index (χ4v) is 3.13. The molecule has 2 unspecified atom stereocenters. The van der Waals surface area contributed by atoms with Crippen LogP contribution in [0.2, 0.25) is 0 Å². The molecule has 0 aliphatic rings. The molecule has 2 atom stereocenters. The van der Waals surface area contributed by atoms with Crippen molar-refractivity contribution in [2.45, 2.75) is 53.8 Å². The van der Waals surface area contributed by atoms with Crippen molar-refractivity contribution in [3.05, 3.63) is 41.5 Å². The van der Waals surface area contributed by atoms with E-state index in [0.717, 1.165) is 0 Å². The summed E-state index contributed by atoms with van der Waals surface area (Å²) >= 11 is 0. The van der Waals surface area contributed by atoms with Crippen LogP contribution in [0, 0.1) is 10.8 Å². The molecule has 11 heteroatoms. The Hall–Kier alpha value is -3.38. The van der Waals surface area contributed by atoms with Gasteiger partial charge < -0.3 is 44.9 Å². The standard InChI is InChI=1S/C19H29NO5.C11H17NO4/c1-18(2,3)16(22)24-14-9-8-12(13(21)11-20-7)10-15(14)25-17(23)19(4,5)6;1-12-6-8(13)7-4-9(15-2)11(14)10(5-7)16-3/h8-10,13,20-21H,11H2,1-7H3;4-5,8,12-14H,6H2,1-3H3. The van der Waals surface area contributed by atoms with E-state index in [-0.39, 0.29) is 28.7 Å². The van der Waals surface area contributed by atoms with E-state index in [1.807, 2.05) is 0 Å². The monoisotopic (exact) mass is 578 g/mol. The summed E-state index contributed by atoms with van der Waals surface area (Å²) in [5.41, 5.74) is -0.233. The van der Waals surface area contributed by atoms with Crippen LogP contribution in [0.5, 0.6) is 28.7 Å². The number of methoxy groups -OCH3 is 2. The minimum Gasteiger partial charge on any atom is -0.502 e. The first kappa shape index (κ1) is 35.6. The number of carbonyl (C=O) groups is 2. The number of benzene rings is 2. The molecule has 0 spiro atoms. The van der Waals surface area contributed by atoms with E-state index in [1.54, 1.807) is 73.8 Å². The molecule has 0 amide bonds. The second-order valence-corrected chi connectivity index (χ2v) is 11.4. The van der Waals surface area contributed by atoms with Crippen LogP contribution in [-0.4, -0.2) is 68.7 Å². The molecule has 2 aromatic rings. The second-order valence-electron chi connectivity index (χ2n) is 11.4. The maximum absolute atomic E-state index is 12.2. The lowest BCUT2D eigenvalue weighted by molar-refractivity contribution is -0.145. The summed E-state index contributed by atoms with van der Waals surface area (Å²) in [5, 5.41) is 35.3. The largest absolute Gasteiger partial charge is 0.502 e. The topological polar surface area (TPSA) is 156 Å². The van der Waals surface area contributed by atoms with E-state index in [9.17, 15) is 24.9 Å². The predicted molar refractivity (Wildman–Crippen MR) is 156 cm³/mol. The van der Waals surface area contributed by atoms with Gasteiger partial charge in [-0.2, -0.15) is 0 Å². The van der Waals surface area contributed by atoms with Crippen LogP contribution in [0.15, 0.2) is 30.3 Å². The number of ether oxygens (including phenoxy) is 4. The first-order chi connectivity index (χ1) is 19.0. The highest BCUT2D eigenvalue weighted by molar-refractivity contribution is 5.81. The smallest absolute Gasteiger partial charge is 0.316 e. The van der Waals surface area contributed by atoms with Gasteiger partial charge in [-0.15, -0.1) is 0 Å². The van der Waals surface area contributed by atoms with Crippen LogP contribution in [-0.2, 0) is 9.59 Å². The lowest BCUT2D eigenvalue weighted by Crippen LogP contribution is -2.28. The van der Waals surface area contributed by atoms with Crippen LogP contribution in [0.3, 0.4) is 0 Å². The normalized spacial score (nSPS) is 12.9. The molecular formula is C30H46N2O9. The van der Waals surface area contributed by atoms with Crippen molar-refractivity contribution in [1.29, 1.82) is 0 Å². The molecule has 0 bridgehead atoms. The highest BCUT2D eigenvalue weighted by Gasteiger charge is 2.28. The van der Waals surface area contributed by atoms with Crippen molar-refractivity contribution in [2.75, 3.05) is 41.4 Å². The number of nitrogens with one attached hydrogen (secondary N) is 2. The summed E-state index contributed by atoms with van der Waals surface area (Å²) in [6.07, 6.45) is -1.45. The summed E-state index contributed by atoms with van der Waals surface area (Å²) in [6, 6.07) is 7.86. The highest BCUT2D eigenvalue weighted by Crippen LogP contribution is 2.38. The Bertz CT molecular complexity index is 1130. The summed E-state index contributed by atoms with van der Waals surface area (Å²) in [7, 11) is 6.37. The van der Waals surface area contributed by atoms with Gasteiger partial charge >= 0.3 is 11.9 Å². The number of rotatable bonds is 10. The predicted octanol–water partition coefficient (Wildman–Crippen LogP) is 3.50. The average molecular weight is 579 g/mol. The molecule has 41 heavy (non-hydrogen) atoms. The van der Waals surface area contributed by atoms with E-state index in [0.29, 0.717) is 24.2 Å². The van der Waals surface area contributed by atoms with Crippen molar-refractivity contribution < 1.29 is 43.9 Å². The highest BCUT2D eigenvalue weighted by atomic mass is 16.6. The fourth-order valence-electron chi connectivity index (χ4n) is 3.13. The molecule has 5 N–H and O–H groups in total. The Kier molecular flexibility index (Phi) is 13.5. The van der Waals surface area contributed by atoms with E-state index in [4.69, 9.17) is 18.9 Å². The quantitative estimate of drug-likeness (QED) is 0.208. The van der Waals surface area contributed by atoms with Gasteiger partial charge in [0.2, 0.25) is 5.75 Å². The second kappa shape index (κ2) is 15.6. The first-order valence-electron chi connectivity index (χ1n) is 13.2. The molecule has 0 saturated heterocycles. The Labute approximate surface area is 242 Å². The lowest BCUT2D eigenvalue weighted by atomic mass is 9.97. The van der Waals surface area contributed by atoms with E-state index in [1.165, 1.54) is 26.4 Å². The van der Waals surface area contributed by atoms with Crippen LogP contribution in [0.25, 0.3) is 0 Å². The maximum Gasteiger partial charge on any atom is 0.316 e. The minimum atomic E-state index is -0.774. The molecule has 0 saturated carbocycles. The summed E-state index contributed by atoms with van der Waals surface area (Å²) in [6.45, 7) is 11.2. The van der Waals surface area contributed by atoms with Crippen LogP contribution < -0.4 is 29.6 Å². The fraction of sp³-hybridized carbons (Fsp3) is 0.533. The van der Waals surface area contributed by atoms with Crippen LogP contribution in [0.4, 0.5) is 0 Å². The third kappa shape index (κ3) is 10.8. The lowest BCUT2D eigenvalue weighted by Gasteiger charge is -2.21. The number of aromatic hydroxyl groups is 1. The molecule has 0 heterocycles. The number of aliphatic hydroxyl groups is 2. The molecule has 230 valence electrons. The van der Waals surface area contributed by atoms with Gasteiger partial charge in [0.15, 0.2) is 23.0 Å². The molecule has 11 nitrogen and oxygen atoms in total. The third-order valence-electron chi connectivity index (χ3n) is 5.66. The van der Waals surface area contributed by atoms with Gasteiger partial charge in [-0.3, -0.25) is 9.59 Å². The van der Waals surface area contributed by atoms with Gasteiger partial charge in [-0.05, 0) is 91.0 Å². The first-order valence-corrected chi connectivity index (χ1v) is 13.2. The Morgan fingerprint density at radius 2 is 1.10 bits per heavy atom. The number of likely N-dealkylation sites (N-methyl/N-ethyl adjacent to an activating group) is 2. The minimum absolute atomic E-state index is 0.0644. The van der Waals surface area contributed by atoms with Crippen LogP contribution in [0.1, 0.15) is 64.9 Å². The SMILES string of the molecule is CNCC(O)c1cc(OC)c(O)c(OC)c1.CNCC(O)c1ccc(OC(=O)C(C)(C)C)c(OC(=O)C(C)(C)C)c1. The number of esters is 2. The molecule has 0 aliphatic carbocycles. The van der Waals surface area contributed by atoms with Crippen molar-refractivity contribution in [1.82, 2.24) is 10.6 Å². The summed E-state index contributed by atoms with van der Waals surface area (Å²) in [5.74, 6) is -0.132. The van der Waals surface area contributed by atoms with E-state index >= 15 is 0 Å². The molecule has 0 aromatic heterocycles. The Morgan fingerprint density at radius 1 is 0.707 bits per heavy atom. The van der Waals surface area contributed by atoms with Crippen molar-refractivity contribution in [2.24, 2.45) is 10.8 Å². The van der Waals surface area contributed by atoms with Gasteiger partial charge in [-0.1, -0.05) is 6.07 Å². The zero-order valence-electron chi connectivity index (χ0n) is 25.7. The molecule has 0 radical (unpaired) electrons. The Balaban J connectivity index is 0.000000452. The van der Waals surface area contributed by atoms with Gasteiger partial charge in [0.05, 0.1) is 37.3 Å². The number of phenols is 1. The summed E-state index contributed by atoms with van der Waals surface area (Å²) in [4.78, 5) is 24.4. The zero-order valence-corrected chi connectivity index (χ0v) is 25.7.